The van der Waals surface area contributed by atoms with Crippen molar-refractivity contribution in [3.8, 4) is 5.75 Å². The Balaban J connectivity index is 2.06. The van der Waals surface area contributed by atoms with E-state index in [0.29, 0.717) is 5.39 Å². The van der Waals surface area contributed by atoms with E-state index in [1.54, 1.807) is 24.3 Å². The van der Waals surface area contributed by atoms with Gasteiger partial charge in [0.2, 0.25) is 0 Å². The molecule has 0 atom stereocenters. The number of phenols is 1. The molecule has 3 aromatic rings. The number of phenolic OH excluding ortho intramolecular Hbond substituents is 1. The van der Waals surface area contributed by atoms with E-state index in [1.807, 2.05) is 30.3 Å². The van der Waals surface area contributed by atoms with Gasteiger partial charge in [-0.15, -0.1) is 0 Å². The summed E-state index contributed by atoms with van der Waals surface area (Å²) in [5, 5.41) is 11.7. The van der Waals surface area contributed by atoms with E-state index < -0.39 is 10.0 Å². The minimum Gasteiger partial charge on any atom is -0.506 e. The lowest BCUT2D eigenvalue weighted by Gasteiger charge is -2.24. The molecule has 136 valence electrons. The Labute approximate surface area is 154 Å². The molecule has 0 aliphatic rings. The summed E-state index contributed by atoms with van der Waals surface area (Å²) in [4.78, 5) is 0.190. The molecule has 3 aromatic carbocycles. The van der Waals surface area contributed by atoms with Gasteiger partial charge in [-0.1, -0.05) is 63.2 Å². The van der Waals surface area contributed by atoms with E-state index in [4.69, 9.17) is 0 Å². The van der Waals surface area contributed by atoms with E-state index in [9.17, 15) is 13.5 Å². The second-order valence-corrected chi connectivity index (χ2v) is 8.70. The lowest BCUT2D eigenvalue weighted by molar-refractivity contribution is 0.474. The van der Waals surface area contributed by atoms with Crippen LogP contribution in [-0.4, -0.2) is 13.5 Å². The maximum atomic E-state index is 13.0. The van der Waals surface area contributed by atoms with Crippen molar-refractivity contribution < 1.29 is 13.5 Å². The van der Waals surface area contributed by atoms with Crippen molar-refractivity contribution in [3.63, 3.8) is 0 Å². The van der Waals surface area contributed by atoms with Crippen LogP contribution in [-0.2, 0) is 15.4 Å². The molecule has 0 fully saturated rings. The highest BCUT2D eigenvalue weighted by molar-refractivity contribution is 7.93. The highest BCUT2D eigenvalue weighted by atomic mass is 32.2. The summed E-state index contributed by atoms with van der Waals surface area (Å²) >= 11 is 0. The number of sulfonamides is 1. The minimum atomic E-state index is -3.84. The molecule has 0 aromatic heterocycles. The fraction of sp³-hybridized carbons (Fsp3) is 0.238. The quantitative estimate of drug-likeness (QED) is 0.620. The molecule has 5 heteroatoms. The van der Waals surface area contributed by atoms with Crippen LogP contribution in [0.2, 0.25) is 0 Å². The third-order valence-corrected chi connectivity index (χ3v) is 6.37. The van der Waals surface area contributed by atoms with Crippen LogP contribution in [0.4, 0.5) is 5.69 Å². The number of anilines is 1. The predicted molar refractivity (Wildman–Crippen MR) is 106 cm³/mol. The number of nitrogens with one attached hydrogen (secondary N) is 1. The van der Waals surface area contributed by atoms with Crippen molar-refractivity contribution in [2.45, 2.75) is 37.5 Å². The smallest absolute Gasteiger partial charge is 0.262 e. The molecule has 0 heterocycles. The van der Waals surface area contributed by atoms with Gasteiger partial charge in [0.1, 0.15) is 5.75 Å². The first-order chi connectivity index (χ1) is 12.2. The van der Waals surface area contributed by atoms with Gasteiger partial charge in [-0.25, -0.2) is 8.42 Å². The Kier molecular flexibility index (Phi) is 4.67. The summed E-state index contributed by atoms with van der Waals surface area (Å²) in [7, 11) is -3.84. The zero-order valence-electron chi connectivity index (χ0n) is 15.2. The van der Waals surface area contributed by atoms with Crippen molar-refractivity contribution in [1.82, 2.24) is 0 Å². The number of benzene rings is 3. The Morgan fingerprint density at radius 2 is 1.69 bits per heavy atom. The van der Waals surface area contributed by atoms with Crippen LogP contribution >= 0.6 is 0 Å². The molecule has 0 saturated heterocycles. The first-order valence-electron chi connectivity index (χ1n) is 8.59. The normalized spacial score (nSPS) is 12.3. The van der Waals surface area contributed by atoms with Crippen LogP contribution in [0, 0.1) is 0 Å². The van der Waals surface area contributed by atoms with Crippen LogP contribution in [0.3, 0.4) is 0 Å². The number of fused-ring (bicyclic) bond motifs is 1. The van der Waals surface area contributed by atoms with Gasteiger partial charge >= 0.3 is 0 Å². The van der Waals surface area contributed by atoms with Crippen LogP contribution in [0.15, 0.2) is 65.6 Å². The maximum absolute atomic E-state index is 13.0. The Morgan fingerprint density at radius 3 is 2.42 bits per heavy atom. The fourth-order valence-electron chi connectivity index (χ4n) is 2.87. The molecule has 0 unspecified atom stereocenters. The molecule has 3 rings (SSSR count). The average molecular weight is 369 g/mol. The number of rotatable bonds is 5. The van der Waals surface area contributed by atoms with Gasteiger partial charge in [0.05, 0.1) is 10.6 Å². The maximum Gasteiger partial charge on any atom is 0.262 e. The van der Waals surface area contributed by atoms with Crippen LogP contribution in [0.5, 0.6) is 5.75 Å². The van der Waals surface area contributed by atoms with Gasteiger partial charge in [-0.2, -0.15) is 0 Å². The molecular weight excluding hydrogens is 346 g/mol. The second kappa shape index (κ2) is 6.65. The summed E-state index contributed by atoms with van der Waals surface area (Å²) in [5.74, 6) is -0.0931. The van der Waals surface area contributed by atoms with Gasteiger partial charge in [0.25, 0.3) is 10.0 Å². The Morgan fingerprint density at radius 1 is 1.00 bits per heavy atom. The predicted octanol–water partition coefficient (Wildman–Crippen LogP) is 5.03. The van der Waals surface area contributed by atoms with E-state index in [1.165, 1.54) is 6.07 Å². The molecule has 0 aliphatic carbocycles. The van der Waals surface area contributed by atoms with Gasteiger partial charge in [0.15, 0.2) is 0 Å². The largest absolute Gasteiger partial charge is 0.506 e. The SMILES string of the molecule is CCC(C)(C)c1ccc(O)c(NS(=O)(=O)c2cccc3ccccc23)c1. The fourth-order valence-corrected chi connectivity index (χ4v) is 4.17. The van der Waals surface area contributed by atoms with E-state index >= 15 is 0 Å². The highest BCUT2D eigenvalue weighted by Crippen LogP contribution is 2.34. The molecule has 0 aliphatic heterocycles. The monoisotopic (exact) mass is 369 g/mol. The summed E-state index contributed by atoms with van der Waals surface area (Å²) in [5.41, 5.74) is 1.04. The van der Waals surface area contributed by atoms with Crippen molar-refractivity contribution in [1.29, 1.82) is 0 Å². The van der Waals surface area contributed by atoms with Crippen LogP contribution in [0.1, 0.15) is 32.8 Å². The third-order valence-electron chi connectivity index (χ3n) is 4.95. The lowest BCUT2D eigenvalue weighted by atomic mass is 9.82. The summed E-state index contributed by atoms with van der Waals surface area (Å²) in [6, 6.07) is 17.6. The van der Waals surface area contributed by atoms with Gasteiger partial charge < -0.3 is 5.11 Å². The average Bonchev–Trinajstić information content (AvgIpc) is 2.62. The van der Waals surface area contributed by atoms with Gasteiger partial charge in [-0.3, -0.25) is 4.72 Å². The van der Waals surface area contributed by atoms with Crippen molar-refractivity contribution in [2.24, 2.45) is 0 Å². The van der Waals surface area contributed by atoms with Crippen molar-refractivity contribution in [2.75, 3.05) is 4.72 Å². The van der Waals surface area contributed by atoms with Gasteiger partial charge in [-0.05, 0) is 41.0 Å². The summed E-state index contributed by atoms with van der Waals surface area (Å²) in [6.45, 7) is 6.25. The van der Waals surface area contributed by atoms with Crippen molar-refractivity contribution >= 4 is 26.5 Å². The summed E-state index contributed by atoms with van der Waals surface area (Å²) < 4.78 is 28.5. The number of hydrogen-bond acceptors (Lipinski definition) is 3. The van der Waals surface area contributed by atoms with Gasteiger partial charge in [0, 0.05) is 5.39 Å². The molecule has 0 spiro atoms. The molecular formula is C21H23NO3S. The third kappa shape index (κ3) is 3.40. The zero-order chi connectivity index (χ0) is 18.9. The molecule has 2 N–H and O–H groups in total. The second-order valence-electron chi connectivity index (χ2n) is 7.05. The summed E-state index contributed by atoms with van der Waals surface area (Å²) in [6.07, 6.45) is 0.896. The molecule has 0 radical (unpaired) electrons. The van der Waals surface area contributed by atoms with E-state index in [2.05, 4.69) is 25.5 Å². The first kappa shape index (κ1) is 18.3. The molecule has 26 heavy (non-hydrogen) atoms. The Hall–Kier alpha value is -2.53. The highest BCUT2D eigenvalue weighted by Gasteiger charge is 2.22. The van der Waals surface area contributed by atoms with Crippen LogP contribution in [0.25, 0.3) is 10.8 Å². The molecule has 0 amide bonds. The lowest BCUT2D eigenvalue weighted by Crippen LogP contribution is -2.17. The van der Waals surface area contributed by atoms with E-state index in [0.717, 1.165) is 17.4 Å². The Bertz CT molecular complexity index is 1050. The van der Waals surface area contributed by atoms with Crippen LogP contribution < -0.4 is 4.72 Å². The number of aromatic hydroxyl groups is 1. The molecule has 0 bridgehead atoms. The topological polar surface area (TPSA) is 66.4 Å². The standard InChI is InChI=1S/C21H23NO3S/c1-4-21(2,3)16-12-13-19(23)18(14-16)22-26(24,25)20-11-7-9-15-8-5-6-10-17(15)20/h5-14,22-23H,4H2,1-3H3. The molecule has 0 saturated carbocycles. The minimum absolute atomic E-state index is 0.0931. The zero-order valence-corrected chi connectivity index (χ0v) is 16.0. The molecule has 4 nitrogen and oxygen atoms in total. The van der Waals surface area contributed by atoms with Crippen molar-refractivity contribution in [3.05, 3.63) is 66.2 Å². The first-order valence-corrected chi connectivity index (χ1v) is 10.1. The van der Waals surface area contributed by atoms with E-state index in [-0.39, 0.29) is 21.7 Å². The number of hydrogen-bond donors (Lipinski definition) is 2.